The summed E-state index contributed by atoms with van der Waals surface area (Å²) in [5.41, 5.74) is 4.99. The molecule has 0 fully saturated rings. The second-order valence-electron chi connectivity index (χ2n) is 5.39. The molecule has 114 valence electrons. The summed E-state index contributed by atoms with van der Waals surface area (Å²) >= 11 is 3.70. The van der Waals surface area contributed by atoms with Crippen LogP contribution in [0.4, 0.5) is 0 Å². The molecule has 2 rings (SSSR count). The van der Waals surface area contributed by atoms with Crippen LogP contribution in [0.1, 0.15) is 49.3 Å². The SMILES string of the molecule is CCc1nn(CC)c(CN[C@H](C)c2cccc(C)c2)c1Br. The van der Waals surface area contributed by atoms with Gasteiger partial charge < -0.3 is 5.32 Å². The summed E-state index contributed by atoms with van der Waals surface area (Å²) in [6.07, 6.45) is 0.952. The van der Waals surface area contributed by atoms with Gasteiger partial charge in [-0.3, -0.25) is 4.68 Å². The van der Waals surface area contributed by atoms with Gasteiger partial charge in [0.25, 0.3) is 0 Å². The van der Waals surface area contributed by atoms with Crippen molar-refractivity contribution in [3.8, 4) is 0 Å². The molecular weight excluding hydrogens is 326 g/mol. The zero-order chi connectivity index (χ0) is 15.4. The van der Waals surface area contributed by atoms with Crippen LogP contribution in [0.25, 0.3) is 0 Å². The number of hydrogen-bond donors (Lipinski definition) is 1. The third kappa shape index (κ3) is 3.74. The lowest BCUT2D eigenvalue weighted by molar-refractivity contribution is 0.529. The van der Waals surface area contributed by atoms with Crippen LogP contribution >= 0.6 is 15.9 Å². The van der Waals surface area contributed by atoms with Crippen molar-refractivity contribution in [3.63, 3.8) is 0 Å². The van der Waals surface area contributed by atoms with Crippen LogP contribution < -0.4 is 5.32 Å². The second kappa shape index (κ2) is 7.23. The van der Waals surface area contributed by atoms with Crippen LogP contribution in [0.5, 0.6) is 0 Å². The Morgan fingerprint density at radius 1 is 1.33 bits per heavy atom. The van der Waals surface area contributed by atoms with E-state index < -0.39 is 0 Å². The monoisotopic (exact) mass is 349 g/mol. The van der Waals surface area contributed by atoms with E-state index in [2.05, 4.69) is 83.0 Å². The molecule has 0 bridgehead atoms. The predicted molar refractivity (Wildman–Crippen MR) is 91.4 cm³/mol. The van der Waals surface area contributed by atoms with Crippen molar-refractivity contribution in [3.05, 3.63) is 51.3 Å². The fourth-order valence-electron chi connectivity index (χ4n) is 2.49. The summed E-state index contributed by atoms with van der Waals surface area (Å²) in [5, 5.41) is 8.25. The average molecular weight is 350 g/mol. The molecule has 0 saturated carbocycles. The van der Waals surface area contributed by atoms with Gasteiger partial charge in [0.2, 0.25) is 0 Å². The van der Waals surface area contributed by atoms with Crippen molar-refractivity contribution in [2.24, 2.45) is 0 Å². The first kappa shape index (κ1) is 16.2. The Kier molecular flexibility index (Phi) is 5.59. The van der Waals surface area contributed by atoms with Crippen molar-refractivity contribution in [1.82, 2.24) is 15.1 Å². The maximum Gasteiger partial charge on any atom is 0.0767 e. The van der Waals surface area contributed by atoms with Gasteiger partial charge in [-0.25, -0.2) is 0 Å². The first-order chi connectivity index (χ1) is 10.1. The zero-order valence-corrected chi connectivity index (χ0v) is 14.9. The van der Waals surface area contributed by atoms with E-state index in [0.717, 1.165) is 29.7 Å². The van der Waals surface area contributed by atoms with Crippen LogP contribution in [0.2, 0.25) is 0 Å². The topological polar surface area (TPSA) is 29.9 Å². The van der Waals surface area contributed by atoms with Crippen LogP contribution in [0, 0.1) is 6.92 Å². The molecule has 0 saturated heterocycles. The molecular formula is C17H24BrN3. The van der Waals surface area contributed by atoms with Gasteiger partial charge in [-0.05, 0) is 48.7 Å². The number of rotatable bonds is 6. The van der Waals surface area contributed by atoms with Crippen molar-refractivity contribution in [2.75, 3.05) is 0 Å². The highest BCUT2D eigenvalue weighted by Gasteiger charge is 2.14. The van der Waals surface area contributed by atoms with Gasteiger partial charge in [0.05, 0.1) is 15.9 Å². The van der Waals surface area contributed by atoms with E-state index >= 15 is 0 Å². The number of nitrogens with zero attached hydrogens (tertiary/aromatic N) is 2. The van der Waals surface area contributed by atoms with Crippen molar-refractivity contribution in [2.45, 2.75) is 53.2 Å². The van der Waals surface area contributed by atoms with E-state index in [-0.39, 0.29) is 0 Å². The Bertz CT molecular complexity index is 604. The highest BCUT2D eigenvalue weighted by molar-refractivity contribution is 9.10. The second-order valence-corrected chi connectivity index (χ2v) is 6.19. The third-order valence-electron chi connectivity index (χ3n) is 3.81. The molecule has 0 aliphatic heterocycles. The minimum atomic E-state index is 0.321. The molecule has 0 unspecified atom stereocenters. The molecule has 1 N–H and O–H groups in total. The molecule has 21 heavy (non-hydrogen) atoms. The smallest absolute Gasteiger partial charge is 0.0767 e. The Hall–Kier alpha value is -1.13. The van der Waals surface area contributed by atoms with Gasteiger partial charge in [0.1, 0.15) is 0 Å². The van der Waals surface area contributed by atoms with Gasteiger partial charge in [-0.2, -0.15) is 5.10 Å². The molecule has 0 radical (unpaired) electrons. The highest BCUT2D eigenvalue weighted by atomic mass is 79.9. The number of aromatic nitrogens is 2. The third-order valence-corrected chi connectivity index (χ3v) is 4.73. The molecule has 0 amide bonds. The number of halogens is 1. The molecule has 0 aliphatic rings. The van der Waals surface area contributed by atoms with Crippen molar-refractivity contribution in [1.29, 1.82) is 0 Å². The van der Waals surface area contributed by atoms with Crippen LogP contribution in [-0.2, 0) is 19.5 Å². The van der Waals surface area contributed by atoms with E-state index in [9.17, 15) is 0 Å². The standard InChI is InChI=1S/C17H24BrN3/c1-5-15-17(18)16(21(6-2)20-15)11-19-13(4)14-9-7-8-12(3)10-14/h7-10,13,19H,5-6,11H2,1-4H3/t13-/m1/s1. The normalized spacial score (nSPS) is 12.6. The molecule has 2 aromatic rings. The molecule has 0 spiro atoms. The molecule has 1 aromatic carbocycles. The first-order valence-corrected chi connectivity index (χ1v) is 8.40. The maximum atomic E-state index is 4.64. The molecule has 3 nitrogen and oxygen atoms in total. The van der Waals surface area contributed by atoms with Gasteiger partial charge in [0, 0.05) is 19.1 Å². The fraction of sp³-hybridized carbons (Fsp3) is 0.471. The molecule has 1 heterocycles. The van der Waals surface area contributed by atoms with Crippen LogP contribution in [0.15, 0.2) is 28.7 Å². The Balaban J connectivity index is 2.11. The summed E-state index contributed by atoms with van der Waals surface area (Å²) in [7, 11) is 0. The Morgan fingerprint density at radius 3 is 2.71 bits per heavy atom. The van der Waals surface area contributed by atoms with Crippen molar-refractivity contribution < 1.29 is 0 Å². The first-order valence-electron chi connectivity index (χ1n) is 7.60. The summed E-state index contributed by atoms with van der Waals surface area (Å²) in [5.74, 6) is 0. The zero-order valence-electron chi connectivity index (χ0n) is 13.3. The van der Waals surface area contributed by atoms with Gasteiger partial charge in [0.15, 0.2) is 0 Å². The Labute approximate surface area is 135 Å². The maximum absolute atomic E-state index is 4.64. The van der Waals surface area contributed by atoms with Crippen molar-refractivity contribution >= 4 is 15.9 Å². The summed E-state index contributed by atoms with van der Waals surface area (Å²) in [4.78, 5) is 0. The number of benzene rings is 1. The molecule has 1 atom stereocenters. The van der Waals surface area contributed by atoms with Crippen LogP contribution in [-0.4, -0.2) is 9.78 Å². The van der Waals surface area contributed by atoms with Crippen LogP contribution in [0.3, 0.4) is 0 Å². The highest BCUT2D eigenvalue weighted by Crippen LogP contribution is 2.23. The van der Waals surface area contributed by atoms with E-state index in [1.54, 1.807) is 0 Å². The quantitative estimate of drug-likeness (QED) is 0.838. The fourth-order valence-corrected chi connectivity index (χ4v) is 3.20. The largest absolute Gasteiger partial charge is 0.305 e. The van der Waals surface area contributed by atoms with E-state index in [4.69, 9.17) is 0 Å². The van der Waals surface area contributed by atoms with E-state index in [1.807, 2.05) is 0 Å². The molecule has 1 aromatic heterocycles. The lowest BCUT2D eigenvalue weighted by Crippen LogP contribution is -2.20. The molecule has 0 aliphatic carbocycles. The summed E-state index contributed by atoms with van der Waals surface area (Å²) < 4.78 is 3.23. The Morgan fingerprint density at radius 2 is 2.10 bits per heavy atom. The minimum absolute atomic E-state index is 0.321. The van der Waals surface area contributed by atoms with Gasteiger partial charge in [-0.1, -0.05) is 36.8 Å². The van der Waals surface area contributed by atoms with Gasteiger partial charge >= 0.3 is 0 Å². The van der Waals surface area contributed by atoms with E-state index in [0.29, 0.717) is 6.04 Å². The number of nitrogens with one attached hydrogen (secondary N) is 1. The predicted octanol–water partition coefficient (Wildman–Crippen LogP) is 4.39. The van der Waals surface area contributed by atoms with E-state index in [1.165, 1.54) is 16.8 Å². The average Bonchev–Trinajstić information content (AvgIpc) is 2.80. The molecule has 4 heteroatoms. The number of hydrogen-bond acceptors (Lipinski definition) is 2. The summed E-state index contributed by atoms with van der Waals surface area (Å²) in [6, 6.07) is 8.98. The van der Waals surface area contributed by atoms with Gasteiger partial charge in [-0.15, -0.1) is 0 Å². The minimum Gasteiger partial charge on any atom is -0.305 e. The number of aryl methyl sites for hydroxylation is 3. The summed E-state index contributed by atoms with van der Waals surface area (Å²) in [6.45, 7) is 10.3. The lowest BCUT2D eigenvalue weighted by Gasteiger charge is -2.15. The lowest BCUT2D eigenvalue weighted by atomic mass is 10.1.